The minimum atomic E-state index is -0.472. The number of nitro groups is 1. The Bertz CT molecular complexity index is 790. The number of amides is 2. The zero-order chi connectivity index (χ0) is 21.8. The van der Waals surface area contributed by atoms with E-state index in [0.717, 1.165) is 19.4 Å². The molecular formula is C20H28N4O5S. The Morgan fingerprint density at radius 3 is 2.60 bits per heavy atom. The average molecular weight is 437 g/mol. The van der Waals surface area contributed by atoms with Crippen LogP contribution in [-0.2, 0) is 16.1 Å². The zero-order valence-corrected chi connectivity index (χ0v) is 18.2. The Kier molecular flexibility index (Phi) is 7.19. The third kappa shape index (κ3) is 5.42. The lowest BCUT2D eigenvalue weighted by molar-refractivity contribution is -0.384. The van der Waals surface area contributed by atoms with Crippen molar-refractivity contribution in [1.82, 2.24) is 14.7 Å². The van der Waals surface area contributed by atoms with E-state index < -0.39 is 11.0 Å². The van der Waals surface area contributed by atoms with Crippen molar-refractivity contribution in [2.24, 2.45) is 5.92 Å². The maximum absolute atomic E-state index is 12.8. The van der Waals surface area contributed by atoms with Crippen LogP contribution in [0.15, 0.2) is 24.3 Å². The summed E-state index contributed by atoms with van der Waals surface area (Å²) < 4.78 is 5.30. The van der Waals surface area contributed by atoms with Crippen LogP contribution < -0.4 is 0 Å². The smallest absolute Gasteiger partial charge is 0.409 e. The number of carbonyl (C=O) groups excluding carboxylic acids is 2. The summed E-state index contributed by atoms with van der Waals surface area (Å²) in [7, 11) is 3.64. The van der Waals surface area contributed by atoms with Gasteiger partial charge in [0, 0.05) is 50.6 Å². The lowest BCUT2D eigenvalue weighted by Gasteiger charge is -2.25. The topological polar surface area (TPSA) is 96.2 Å². The number of benzene rings is 1. The van der Waals surface area contributed by atoms with Gasteiger partial charge in [-0.3, -0.25) is 19.8 Å². The monoisotopic (exact) mass is 436 g/mol. The summed E-state index contributed by atoms with van der Waals surface area (Å²) in [6.45, 7) is 2.73. The van der Waals surface area contributed by atoms with Crippen LogP contribution in [-0.4, -0.2) is 83.2 Å². The van der Waals surface area contributed by atoms with Gasteiger partial charge in [-0.15, -0.1) is 0 Å². The lowest BCUT2D eigenvalue weighted by Crippen LogP contribution is -2.43. The molecule has 1 aromatic carbocycles. The molecule has 2 amide bonds. The van der Waals surface area contributed by atoms with Gasteiger partial charge in [-0.2, -0.15) is 12.6 Å². The molecule has 30 heavy (non-hydrogen) atoms. The number of thiol groups is 1. The number of ether oxygens (including phenoxy) is 1. The number of likely N-dealkylation sites (tertiary alicyclic amines) is 2. The van der Waals surface area contributed by atoms with Gasteiger partial charge < -0.3 is 14.5 Å². The van der Waals surface area contributed by atoms with Gasteiger partial charge in [0.2, 0.25) is 5.91 Å². The molecule has 1 aromatic rings. The van der Waals surface area contributed by atoms with Gasteiger partial charge in [-0.25, -0.2) is 4.79 Å². The lowest BCUT2D eigenvalue weighted by atomic mass is 10.1. The summed E-state index contributed by atoms with van der Waals surface area (Å²) >= 11 is 4.49. The highest BCUT2D eigenvalue weighted by molar-refractivity contribution is 7.81. The molecule has 0 bridgehead atoms. The molecule has 2 fully saturated rings. The van der Waals surface area contributed by atoms with Crippen LogP contribution in [0.1, 0.15) is 18.4 Å². The molecule has 0 aliphatic carbocycles. The van der Waals surface area contributed by atoms with E-state index in [1.165, 1.54) is 17.0 Å². The summed E-state index contributed by atoms with van der Waals surface area (Å²) in [4.78, 5) is 40.8. The third-order valence-corrected chi connectivity index (χ3v) is 6.14. The standard InChI is InChI=1S/C20H28N4O5S/c1-21-12-17(30)9-18(21)19(25)23-8-7-15(11-23)10-22(2)20(26)29-13-14-3-5-16(6-4-14)24(27)28/h3-6,15,17-18,30H,7-13H2,1-2H3. The van der Waals surface area contributed by atoms with Gasteiger partial charge >= 0.3 is 6.09 Å². The molecule has 0 spiro atoms. The van der Waals surface area contributed by atoms with Crippen molar-refractivity contribution in [2.75, 3.05) is 40.3 Å². The van der Waals surface area contributed by atoms with Gasteiger partial charge in [-0.1, -0.05) is 0 Å². The number of nitrogens with zero attached hydrogens (tertiary/aromatic N) is 4. The molecule has 0 radical (unpaired) electrons. The largest absolute Gasteiger partial charge is 0.445 e. The summed E-state index contributed by atoms with van der Waals surface area (Å²) in [5.74, 6) is 0.365. The van der Waals surface area contributed by atoms with Crippen molar-refractivity contribution >= 4 is 30.3 Å². The normalized spacial score (nSPS) is 24.1. The molecule has 0 aromatic heterocycles. The van der Waals surface area contributed by atoms with Gasteiger partial charge in [0.25, 0.3) is 5.69 Å². The fourth-order valence-electron chi connectivity index (χ4n) is 4.08. The Balaban J connectivity index is 1.43. The van der Waals surface area contributed by atoms with Crippen LogP contribution in [0.25, 0.3) is 0 Å². The highest BCUT2D eigenvalue weighted by atomic mass is 32.1. The van der Waals surface area contributed by atoms with E-state index in [2.05, 4.69) is 17.5 Å². The molecule has 3 unspecified atom stereocenters. The minimum absolute atomic E-state index is 0.00350. The molecule has 164 valence electrons. The first-order chi connectivity index (χ1) is 14.2. The van der Waals surface area contributed by atoms with Gasteiger partial charge in [0.05, 0.1) is 11.0 Å². The number of likely N-dealkylation sites (N-methyl/N-ethyl adjacent to an activating group) is 1. The summed E-state index contributed by atoms with van der Waals surface area (Å²) in [5, 5.41) is 10.9. The van der Waals surface area contributed by atoms with Crippen LogP contribution in [0.3, 0.4) is 0 Å². The van der Waals surface area contributed by atoms with Crippen molar-refractivity contribution in [1.29, 1.82) is 0 Å². The zero-order valence-electron chi connectivity index (χ0n) is 17.3. The maximum Gasteiger partial charge on any atom is 0.409 e. The Morgan fingerprint density at radius 2 is 2.00 bits per heavy atom. The highest BCUT2D eigenvalue weighted by Gasteiger charge is 2.38. The van der Waals surface area contributed by atoms with Crippen molar-refractivity contribution in [3.05, 3.63) is 39.9 Å². The third-order valence-electron chi connectivity index (χ3n) is 5.76. The Hall–Kier alpha value is -2.33. The first kappa shape index (κ1) is 22.4. The fourth-order valence-corrected chi connectivity index (χ4v) is 4.54. The molecule has 2 aliphatic heterocycles. The highest BCUT2D eigenvalue weighted by Crippen LogP contribution is 2.25. The fraction of sp³-hybridized carbons (Fsp3) is 0.600. The van der Waals surface area contributed by atoms with E-state index in [1.807, 2.05) is 11.9 Å². The van der Waals surface area contributed by atoms with Crippen molar-refractivity contribution < 1.29 is 19.2 Å². The van der Waals surface area contributed by atoms with E-state index in [4.69, 9.17) is 4.74 Å². The van der Waals surface area contributed by atoms with Crippen LogP contribution in [0.2, 0.25) is 0 Å². The molecule has 2 saturated heterocycles. The summed E-state index contributed by atoms with van der Waals surface area (Å²) in [5.41, 5.74) is 0.680. The summed E-state index contributed by atoms with van der Waals surface area (Å²) in [6.07, 6.45) is 1.17. The summed E-state index contributed by atoms with van der Waals surface area (Å²) in [6, 6.07) is 5.81. The van der Waals surface area contributed by atoms with Crippen LogP contribution in [0.4, 0.5) is 10.5 Å². The second-order valence-electron chi connectivity index (χ2n) is 8.14. The van der Waals surface area contributed by atoms with Crippen molar-refractivity contribution in [3.8, 4) is 0 Å². The number of hydrogen-bond donors (Lipinski definition) is 1. The number of non-ortho nitro benzene ring substituents is 1. The van der Waals surface area contributed by atoms with Crippen molar-refractivity contribution in [3.63, 3.8) is 0 Å². The van der Waals surface area contributed by atoms with E-state index in [-0.39, 0.29) is 35.4 Å². The van der Waals surface area contributed by atoms with Gasteiger partial charge in [0.15, 0.2) is 0 Å². The second-order valence-corrected chi connectivity index (χ2v) is 8.87. The predicted molar refractivity (Wildman–Crippen MR) is 114 cm³/mol. The molecule has 2 heterocycles. The first-order valence-corrected chi connectivity index (χ1v) is 10.5. The predicted octanol–water partition coefficient (Wildman–Crippen LogP) is 2.01. The Morgan fingerprint density at radius 1 is 1.30 bits per heavy atom. The van der Waals surface area contributed by atoms with Gasteiger partial charge in [-0.05, 0) is 43.5 Å². The van der Waals surface area contributed by atoms with E-state index in [9.17, 15) is 19.7 Å². The number of hydrogen-bond acceptors (Lipinski definition) is 7. The number of rotatable bonds is 6. The molecule has 0 saturated carbocycles. The van der Waals surface area contributed by atoms with E-state index >= 15 is 0 Å². The maximum atomic E-state index is 12.8. The molecule has 3 atom stereocenters. The van der Waals surface area contributed by atoms with Crippen molar-refractivity contribution in [2.45, 2.75) is 30.7 Å². The molecule has 9 nitrogen and oxygen atoms in total. The molecule has 3 rings (SSSR count). The molecular weight excluding hydrogens is 408 g/mol. The van der Waals surface area contributed by atoms with Crippen LogP contribution >= 0.6 is 12.6 Å². The molecule has 0 N–H and O–H groups in total. The average Bonchev–Trinajstić information content (AvgIpc) is 3.31. The quantitative estimate of drug-likeness (QED) is 0.416. The number of nitro benzene ring substituents is 1. The second kappa shape index (κ2) is 9.65. The van der Waals surface area contributed by atoms with E-state index in [0.29, 0.717) is 25.2 Å². The molecule has 10 heteroatoms. The minimum Gasteiger partial charge on any atom is -0.445 e. The SMILES string of the molecule is CN(CC1CCN(C(=O)C2CC(S)CN2C)C1)C(=O)OCc1ccc([N+](=O)[O-])cc1. The first-order valence-electron chi connectivity index (χ1n) is 10.0. The van der Waals surface area contributed by atoms with Crippen LogP contribution in [0.5, 0.6) is 0 Å². The van der Waals surface area contributed by atoms with Gasteiger partial charge in [0.1, 0.15) is 6.61 Å². The Labute approximate surface area is 181 Å². The van der Waals surface area contributed by atoms with Crippen LogP contribution in [0, 0.1) is 16.0 Å². The van der Waals surface area contributed by atoms with E-state index in [1.54, 1.807) is 19.2 Å². The molecule has 2 aliphatic rings. The number of carbonyl (C=O) groups is 2.